The van der Waals surface area contributed by atoms with Gasteiger partial charge in [0.05, 0.1) is 22.1 Å². The van der Waals surface area contributed by atoms with E-state index in [1.165, 1.54) is 43.7 Å². The molecule has 0 aliphatic carbocycles. The Morgan fingerprint density at radius 2 is 0.877 bits per heavy atom. The molecule has 0 radical (unpaired) electrons. The minimum absolute atomic E-state index is 0.917. The largest absolute Gasteiger partial charge is 0.311 e. The van der Waals surface area contributed by atoms with Crippen LogP contribution in [0.4, 0.5) is 17.1 Å². The number of rotatable bonds is 7. The Kier molecular flexibility index (Phi) is 7.78. The molecule has 11 rings (SSSR count). The number of anilines is 3. The first-order chi connectivity index (χ1) is 28.3. The van der Waals surface area contributed by atoms with Crippen molar-refractivity contribution in [1.82, 2.24) is 14.1 Å². The number of aromatic nitrogens is 3. The van der Waals surface area contributed by atoms with Gasteiger partial charge >= 0.3 is 0 Å². The Balaban J connectivity index is 0.979. The molecular weight excluding hydrogens is 693 g/mol. The lowest BCUT2D eigenvalue weighted by Gasteiger charge is -2.26. The molecule has 0 N–H and O–H groups in total. The minimum atomic E-state index is 0.917. The highest BCUT2D eigenvalue weighted by atomic mass is 15.1. The SMILES string of the molecule is c1ccc(N(c2ccc(-c3nc4ccccc4n3-c3ccccc3)cc2)c2ccc(-n3c4ccccc4c4cc(-c5ccc6ccccc6c5)ccc43)cc2)cc1. The summed E-state index contributed by atoms with van der Waals surface area (Å²) >= 11 is 0. The van der Waals surface area contributed by atoms with Crippen molar-refractivity contribution in [2.45, 2.75) is 0 Å². The number of nitrogens with zero attached hydrogens (tertiary/aromatic N) is 4. The van der Waals surface area contributed by atoms with E-state index in [9.17, 15) is 0 Å². The Labute approximate surface area is 330 Å². The van der Waals surface area contributed by atoms with Gasteiger partial charge in [0.25, 0.3) is 0 Å². The molecule has 0 aliphatic rings. The van der Waals surface area contributed by atoms with Crippen LogP contribution in [0.3, 0.4) is 0 Å². The number of hydrogen-bond acceptors (Lipinski definition) is 2. The minimum Gasteiger partial charge on any atom is -0.311 e. The molecule has 0 aliphatic heterocycles. The third kappa shape index (κ3) is 5.66. The summed E-state index contributed by atoms with van der Waals surface area (Å²) in [6.07, 6.45) is 0. The summed E-state index contributed by atoms with van der Waals surface area (Å²) in [7, 11) is 0. The lowest BCUT2D eigenvalue weighted by Crippen LogP contribution is -2.10. The van der Waals surface area contributed by atoms with E-state index in [0.717, 1.165) is 50.9 Å². The number of benzene rings is 9. The summed E-state index contributed by atoms with van der Waals surface area (Å²) in [6, 6.07) is 78.0. The van der Waals surface area contributed by atoms with Crippen LogP contribution < -0.4 is 4.90 Å². The van der Waals surface area contributed by atoms with Crippen LogP contribution in [-0.2, 0) is 0 Å². The van der Waals surface area contributed by atoms with Crippen molar-refractivity contribution < 1.29 is 0 Å². The fourth-order valence-corrected chi connectivity index (χ4v) is 8.39. The fourth-order valence-electron chi connectivity index (χ4n) is 8.39. The van der Waals surface area contributed by atoms with Crippen molar-refractivity contribution in [2.24, 2.45) is 0 Å². The molecule has 0 amide bonds. The molecule has 0 unspecified atom stereocenters. The highest BCUT2D eigenvalue weighted by molar-refractivity contribution is 6.10. The summed E-state index contributed by atoms with van der Waals surface area (Å²) < 4.78 is 4.63. The molecule has 2 heterocycles. The van der Waals surface area contributed by atoms with Gasteiger partial charge in [0, 0.05) is 44.8 Å². The van der Waals surface area contributed by atoms with Crippen LogP contribution in [-0.4, -0.2) is 14.1 Å². The van der Waals surface area contributed by atoms with Crippen LogP contribution in [0.25, 0.3) is 77.5 Å². The zero-order valence-corrected chi connectivity index (χ0v) is 31.1. The van der Waals surface area contributed by atoms with E-state index in [-0.39, 0.29) is 0 Å². The summed E-state index contributed by atoms with van der Waals surface area (Å²) in [6.45, 7) is 0. The Morgan fingerprint density at radius 1 is 0.333 bits per heavy atom. The van der Waals surface area contributed by atoms with Gasteiger partial charge in [0.15, 0.2) is 0 Å². The second-order valence-corrected chi connectivity index (χ2v) is 14.5. The van der Waals surface area contributed by atoms with Gasteiger partial charge in [-0.25, -0.2) is 4.98 Å². The third-order valence-electron chi connectivity index (χ3n) is 11.1. The van der Waals surface area contributed by atoms with Gasteiger partial charge in [-0.2, -0.15) is 0 Å². The average molecular weight is 729 g/mol. The van der Waals surface area contributed by atoms with Crippen molar-refractivity contribution in [3.63, 3.8) is 0 Å². The van der Waals surface area contributed by atoms with Crippen molar-refractivity contribution in [3.05, 3.63) is 218 Å². The second kappa shape index (κ2) is 13.6. The zero-order chi connectivity index (χ0) is 37.7. The predicted molar refractivity (Wildman–Crippen MR) is 238 cm³/mol. The van der Waals surface area contributed by atoms with Crippen LogP contribution in [0.5, 0.6) is 0 Å². The van der Waals surface area contributed by atoms with Crippen molar-refractivity contribution in [1.29, 1.82) is 0 Å². The molecular formula is C53H36N4. The van der Waals surface area contributed by atoms with Gasteiger partial charge in [-0.15, -0.1) is 0 Å². The van der Waals surface area contributed by atoms with E-state index in [2.05, 4.69) is 220 Å². The molecule has 0 bridgehead atoms. The van der Waals surface area contributed by atoms with E-state index < -0.39 is 0 Å². The number of para-hydroxylation sites is 5. The van der Waals surface area contributed by atoms with Crippen molar-refractivity contribution in [3.8, 4) is 33.9 Å². The lowest BCUT2D eigenvalue weighted by atomic mass is 9.99. The molecule has 2 aromatic heterocycles. The maximum atomic E-state index is 5.11. The van der Waals surface area contributed by atoms with E-state index in [4.69, 9.17) is 4.98 Å². The molecule has 11 aromatic rings. The first-order valence-electron chi connectivity index (χ1n) is 19.4. The first kappa shape index (κ1) is 32.7. The van der Waals surface area contributed by atoms with Crippen molar-refractivity contribution in [2.75, 3.05) is 4.90 Å². The van der Waals surface area contributed by atoms with Gasteiger partial charge in [0.1, 0.15) is 5.82 Å². The Bertz CT molecular complexity index is 3210. The highest BCUT2D eigenvalue weighted by Gasteiger charge is 2.18. The number of imidazole rings is 1. The Morgan fingerprint density at radius 3 is 1.67 bits per heavy atom. The van der Waals surface area contributed by atoms with E-state index in [1.807, 2.05) is 12.1 Å². The van der Waals surface area contributed by atoms with Gasteiger partial charge in [0.2, 0.25) is 0 Å². The average Bonchev–Trinajstić information content (AvgIpc) is 3.84. The van der Waals surface area contributed by atoms with Gasteiger partial charge < -0.3 is 9.47 Å². The Hall–Kier alpha value is -7.69. The maximum Gasteiger partial charge on any atom is 0.145 e. The van der Waals surface area contributed by atoms with Crippen LogP contribution >= 0.6 is 0 Å². The van der Waals surface area contributed by atoms with Crippen molar-refractivity contribution >= 4 is 60.7 Å². The molecule has 57 heavy (non-hydrogen) atoms. The first-order valence-corrected chi connectivity index (χ1v) is 19.4. The van der Waals surface area contributed by atoms with Gasteiger partial charge in [-0.3, -0.25) is 4.57 Å². The molecule has 0 saturated heterocycles. The quantitative estimate of drug-likeness (QED) is 0.163. The molecule has 9 aromatic carbocycles. The van der Waals surface area contributed by atoms with Crippen LogP contribution in [0.1, 0.15) is 0 Å². The van der Waals surface area contributed by atoms with Crippen LogP contribution in [0.15, 0.2) is 218 Å². The summed E-state index contributed by atoms with van der Waals surface area (Å²) in [5, 5.41) is 4.99. The predicted octanol–water partition coefficient (Wildman–Crippen LogP) is 14.1. The smallest absolute Gasteiger partial charge is 0.145 e. The van der Waals surface area contributed by atoms with Crippen LogP contribution in [0, 0.1) is 0 Å². The lowest BCUT2D eigenvalue weighted by molar-refractivity contribution is 1.10. The normalized spacial score (nSPS) is 11.5. The van der Waals surface area contributed by atoms with E-state index in [0.29, 0.717) is 0 Å². The number of hydrogen-bond donors (Lipinski definition) is 0. The molecule has 0 saturated carbocycles. The molecule has 4 nitrogen and oxygen atoms in total. The fraction of sp³-hybridized carbons (Fsp3) is 0. The molecule has 4 heteroatoms. The van der Waals surface area contributed by atoms with Gasteiger partial charge in [-0.1, -0.05) is 109 Å². The van der Waals surface area contributed by atoms with Gasteiger partial charge in [-0.05, 0) is 131 Å². The molecule has 0 atom stereocenters. The van der Waals surface area contributed by atoms with E-state index >= 15 is 0 Å². The summed E-state index contributed by atoms with van der Waals surface area (Å²) in [5.41, 5.74) is 13.4. The highest BCUT2D eigenvalue weighted by Crippen LogP contribution is 2.39. The maximum absolute atomic E-state index is 5.11. The number of fused-ring (bicyclic) bond motifs is 5. The molecule has 268 valence electrons. The second-order valence-electron chi connectivity index (χ2n) is 14.5. The monoisotopic (exact) mass is 728 g/mol. The van der Waals surface area contributed by atoms with Crippen LogP contribution in [0.2, 0.25) is 0 Å². The molecule has 0 spiro atoms. The third-order valence-corrected chi connectivity index (χ3v) is 11.1. The standard InChI is InChI=1S/C53H36N4/c1-3-15-42(16-4-1)55(44-28-25-38(26-29-44)53-54-49-20-10-12-22-52(49)57(53)43-17-5-2-6-18-43)45-30-32-46(33-31-45)56-50-21-11-9-19-47(50)48-36-41(27-34-51(48)56)40-24-23-37-13-7-8-14-39(37)35-40/h1-36H. The van der Waals surface area contributed by atoms with E-state index in [1.54, 1.807) is 0 Å². The summed E-state index contributed by atoms with van der Waals surface area (Å²) in [4.78, 5) is 7.42. The summed E-state index contributed by atoms with van der Waals surface area (Å²) in [5.74, 6) is 0.917. The topological polar surface area (TPSA) is 26.0 Å². The molecule has 0 fully saturated rings. The zero-order valence-electron chi connectivity index (χ0n) is 31.1.